The Labute approximate surface area is 198 Å². The summed E-state index contributed by atoms with van der Waals surface area (Å²) in [5.41, 5.74) is 6.25. The van der Waals surface area contributed by atoms with Crippen LogP contribution in [0.3, 0.4) is 0 Å². The van der Waals surface area contributed by atoms with Crippen molar-refractivity contribution in [1.82, 2.24) is 0 Å². The zero-order chi connectivity index (χ0) is 23.1. The van der Waals surface area contributed by atoms with Crippen LogP contribution in [0.4, 0.5) is 11.4 Å². The van der Waals surface area contributed by atoms with Gasteiger partial charge in [0.05, 0.1) is 0 Å². The van der Waals surface area contributed by atoms with Crippen LogP contribution in [0.1, 0.15) is 48.9 Å². The predicted molar refractivity (Wildman–Crippen MR) is 128 cm³/mol. The molecular weight excluding hydrogens is 524 g/mol. The average molecular weight is 554 g/mol. The molecule has 2 aromatic carbocycles. The molecule has 1 heterocycles. The number of nitrogens with zero attached hydrogens (tertiary/aromatic N) is 2. The van der Waals surface area contributed by atoms with Crippen molar-refractivity contribution < 1.29 is 23.2 Å². The van der Waals surface area contributed by atoms with E-state index in [-0.39, 0.29) is 11.8 Å². The van der Waals surface area contributed by atoms with Gasteiger partial charge in [0.25, 0.3) is 0 Å². The van der Waals surface area contributed by atoms with Gasteiger partial charge in [0.15, 0.2) is 0 Å². The van der Waals surface area contributed by atoms with Gasteiger partial charge in [0.2, 0.25) is 0 Å². The molecule has 0 unspecified atom stereocenters. The maximum atomic E-state index is 10.7. The number of aliphatic hydroxyl groups is 1. The number of ether oxygens (including phenoxy) is 1. The fraction of sp³-hybridized carbons (Fsp3) is 0.391. The molecule has 1 saturated heterocycles. The second kappa shape index (κ2) is 11.9. The summed E-state index contributed by atoms with van der Waals surface area (Å²) in [6.07, 6.45) is 2.63. The van der Waals surface area contributed by atoms with Crippen molar-refractivity contribution in [3.63, 3.8) is 0 Å². The van der Waals surface area contributed by atoms with Gasteiger partial charge in [-0.25, -0.2) is 6.54 Å². The number of hydrogen-bond acceptors (Lipinski definition) is 3. The molecule has 0 atom stereocenters. The molecule has 0 saturated carbocycles. The van der Waals surface area contributed by atoms with Crippen LogP contribution in [0.25, 0.3) is 0 Å². The molecular formula is C23H30Cl2N2O3Ru. The number of rotatable bonds is 5. The number of hydrogen-bond donors (Lipinski definition) is 0. The Morgan fingerprint density at radius 1 is 1.19 bits per heavy atom. The second-order valence-electron chi connectivity index (χ2n) is 7.80. The topological polar surface area (TPSA) is 59.2 Å². The van der Waals surface area contributed by atoms with E-state index in [0.717, 1.165) is 0 Å². The predicted octanol–water partition coefficient (Wildman–Crippen LogP) is 6.69. The number of anilines is 1. The third kappa shape index (κ3) is 7.86. The van der Waals surface area contributed by atoms with E-state index in [0.29, 0.717) is 11.3 Å². The molecule has 1 aliphatic rings. The minimum Gasteiger partial charge on any atom is -0.522 e. The van der Waals surface area contributed by atoms with Crippen LogP contribution in [-0.2, 0) is 13.5 Å². The Bertz CT molecular complexity index is 931. The Morgan fingerprint density at radius 3 is 2.32 bits per heavy atom. The molecule has 31 heavy (non-hydrogen) atoms. The summed E-state index contributed by atoms with van der Waals surface area (Å²) in [5, 5.41) is 10.7. The zero-order valence-corrected chi connectivity index (χ0v) is 21.8. The molecule has 3 rings (SSSR count). The molecule has 0 bridgehead atoms. The largest absolute Gasteiger partial charge is 0.522 e. The van der Waals surface area contributed by atoms with Gasteiger partial charge in [0, 0.05) is 5.69 Å². The van der Waals surface area contributed by atoms with E-state index in [1.165, 1.54) is 53.9 Å². The first-order valence-corrected chi connectivity index (χ1v) is 15.6. The minimum atomic E-state index is -2.03. The van der Waals surface area contributed by atoms with Gasteiger partial charge < -0.3 is 4.90 Å². The van der Waals surface area contributed by atoms with E-state index in [1.807, 2.05) is 13.8 Å². The molecule has 5 nitrogen and oxygen atoms in total. The van der Waals surface area contributed by atoms with E-state index < -0.39 is 18.4 Å². The molecule has 0 aromatic heterocycles. The summed E-state index contributed by atoms with van der Waals surface area (Å²) >= 11 is -2.03. The number of aryl methyl sites for hydroxylation is 3. The standard InChI is InChI=1S/C13H18N.C10H11NO3.2ClH.Ru/c1-10-8-11(2)13(12(3)9-10)14-6-4-5-7-14;1-7(2)14-10-5-4-9(11(12)13)6-8(10)3;;;/h6,8-9H,4-5,7H2,1-3H3;3-7H,1-2H3;2*1H;/q-1;;;;+2/p-1. The van der Waals surface area contributed by atoms with Crippen molar-refractivity contribution in [3.05, 3.63) is 69.2 Å². The van der Waals surface area contributed by atoms with Crippen LogP contribution in [0.2, 0.25) is 0 Å². The zero-order valence-electron chi connectivity index (χ0n) is 18.5. The monoisotopic (exact) mass is 554 g/mol. The quantitative estimate of drug-likeness (QED) is 0.136. The first-order chi connectivity index (χ1) is 14.6. The molecule has 0 aliphatic carbocycles. The normalized spacial score (nSPS) is 13.5. The van der Waals surface area contributed by atoms with E-state index in [9.17, 15) is 10.1 Å². The summed E-state index contributed by atoms with van der Waals surface area (Å²) in [6.45, 7) is 14.0. The van der Waals surface area contributed by atoms with Gasteiger partial charge in [-0.1, -0.05) is 24.1 Å². The van der Waals surface area contributed by atoms with E-state index in [4.69, 9.17) is 19.4 Å². The molecule has 1 fully saturated rings. The van der Waals surface area contributed by atoms with E-state index in [2.05, 4.69) is 49.1 Å². The molecule has 2 aromatic rings. The second-order valence-corrected chi connectivity index (χ2v) is 13.5. The first kappa shape index (κ1) is 25.8. The third-order valence-corrected chi connectivity index (χ3v) is 6.51. The Kier molecular flexibility index (Phi) is 9.93. The Balaban J connectivity index is 0.000000224. The summed E-state index contributed by atoms with van der Waals surface area (Å²) in [7, 11) is 11.6. The molecule has 172 valence electrons. The number of nitro groups is 1. The van der Waals surface area contributed by atoms with Crippen LogP contribution in [0.15, 0.2) is 30.3 Å². The van der Waals surface area contributed by atoms with Gasteiger partial charge in [0.1, 0.15) is 0 Å². The van der Waals surface area contributed by atoms with Gasteiger partial charge in [-0.05, 0) is 38.4 Å². The fourth-order valence-electron chi connectivity index (χ4n) is 3.64. The third-order valence-electron chi connectivity index (χ3n) is 4.68. The van der Waals surface area contributed by atoms with Crippen molar-refractivity contribution in [2.75, 3.05) is 11.4 Å². The first-order valence-electron chi connectivity index (χ1n) is 10.1. The SMILES string of the molecule is CC(C)[OH+]c1ccc([N+](=O)[O-])cc1[CH]=[Ru]([Cl])[Cl].Cc1cc(C)c(N2[CH-]CCC2)c(C)c1. The number of aromatic hydroxyl groups is 1. The molecule has 1 N–H and O–H groups in total. The van der Waals surface area contributed by atoms with Crippen LogP contribution in [0, 0.1) is 37.4 Å². The molecule has 1 aliphatic heterocycles. The van der Waals surface area contributed by atoms with Crippen molar-refractivity contribution >= 4 is 35.4 Å². The summed E-state index contributed by atoms with van der Waals surface area (Å²) in [5.74, 6) is 0.686. The number of non-ortho nitro benzene ring substituents is 1. The molecule has 0 radical (unpaired) electrons. The Hall–Kier alpha value is -1.49. The summed E-state index contributed by atoms with van der Waals surface area (Å²) in [6, 6.07) is 9.05. The van der Waals surface area contributed by atoms with Gasteiger partial charge >= 0.3 is 112 Å². The average Bonchev–Trinajstić information content (AvgIpc) is 3.16. The van der Waals surface area contributed by atoms with Crippen molar-refractivity contribution in [2.45, 2.75) is 53.6 Å². The maximum Gasteiger partial charge on any atom is 0.0130 e. The smallest absolute Gasteiger partial charge is 0.0130 e. The maximum absolute atomic E-state index is 10.7. The molecule has 0 spiro atoms. The van der Waals surface area contributed by atoms with Crippen molar-refractivity contribution in [2.24, 2.45) is 0 Å². The van der Waals surface area contributed by atoms with Gasteiger partial charge in [-0.3, -0.25) is 0 Å². The Morgan fingerprint density at radius 2 is 1.84 bits per heavy atom. The summed E-state index contributed by atoms with van der Waals surface area (Å²) in [4.78, 5) is 12.6. The van der Waals surface area contributed by atoms with Crippen molar-refractivity contribution in [1.29, 1.82) is 0 Å². The van der Waals surface area contributed by atoms with E-state index in [1.54, 1.807) is 10.7 Å². The fourth-order valence-corrected chi connectivity index (χ4v) is 5.44. The van der Waals surface area contributed by atoms with Gasteiger partial charge in [-0.15, -0.1) is 0 Å². The molecule has 8 heteroatoms. The number of halogens is 2. The number of benzene rings is 2. The minimum absolute atomic E-state index is 0.0164. The van der Waals surface area contributed by atoms with Crippen molar-refractivity contribution in [3.8, 4) is 5.75 Å². The van der Waals surface area contributed by atoms with Crippen LogP contribution in [0.5, 0.6) is 5.75 Å². The van der Waals surface area contributed by atoms with E-state index >= 15 is 0 Å². The molecule has 0 amide bonds. The summed E-state index contributed by atoms with van der Waals surface area (Å²) < 4.78 is 6.03. The number of nitro benzene ring substituents is 1. The van der Waals surface area contributed by atoms with Crippen LogP contribution >= 0.6 is 19.4 Å². The van der Waals surface area contributed by atoms with Gasteiger partial charge in [-0.2, -0.15) is 6.42 Å². The van der Waals surface area contributed by atoms with Crippen LogP contribution in [-0.4, -0.2) is 26.9 Å². The van der Waals surface area contributed by atoms with Crippen LogP contribution < -0.4 is 4.90 Å².